The van der Waals surface area contributed by atoms with E-state index in [9.17, 15) is 13.7 Å². The Morgan fingerprint density at radius 1 is 1.33 bits per heavy atom. The molecule has 2 atom stereocenters. The highest BCUT2D eigenvalue weighted by molar-refractivity contribution is 7.92. The molecule has 0 spiro atoms. The molecule has 0 amide bonds. The Hall–Kier alpha value is -2.82. The minimum absolute atomic E-state index is 0.0136. The van der Waals surface area contributed by atoms with Gasteiger partial charge >= 0.3 is 0 Å². The van der Waals surface area contributed by atoms with Gasteiger partial charge < -0.3 is 14.8 Å². The fourth-order valence-corrected chi connectivity index (χ4v) is 4.74. The third kappa shape index (κ3) is 3.68. The Bertz CT molecular complexity index is 995. The molecule has 0 aromatic heterocycles. The van der Waals surface area contributed by atoms with Gasteiger partial charge in [-0.2, -0.15) is 5.26 Å². The Kier molecular flexibility index (Phi) is 5.49. The fourth-order valence-electron chi connectivity index (χ4n) is 3.02. The molecule has 1 aliphatic rings. The number of likely N-dealkylation sites (N-methyl/N-ethyl adjacent to an activating group) is 1. The average molecular weight is 384 g/mol. The van der Waals surface area contributed by atoms with Gasteiger partial charge in [0.05, 0.1) is 10.5 Å². The van der Waals surface area contributed by atoms with Crippen molar-refractivity contribution in [2.45, 2.75) is 16.2 Å². The summed E-state index contributed by atoms with van der Waals surface area (Å²) in [5, 5.41) is 11.3. The van der Waals surface area contributed by atoms with Crippen LogP contribution in [0.2, 0.25) is 0 Å². The SMILES string of the molecule is C=CC(c1ccc2c(c1)OC(CNC)CO2)S(=O)(=O)c1ccccc1C#N. The highest BCUT2D eigenvalue weighted by atomic mass is 32.2. The summed E-state index contributed by atoms with van der Waals surface area (Å²) in [6, 6.07) is 13.1. The monoisotopic (exact) mass is 384 g/mol. The molecule has 0 saturated heterocycles. The Labute approximate surface area is 159 Å². The van der Waals surface area contributed by atoms with Crippen molar-refractivity contribution in [1.82, 2.24) is 5.32 Å². The van der Waals surface area contributed by atoms with Crippen LogP contribution in [0.5, 0.6) is 11.5 Å². The predicted octanol–water partition coefficient (Wildman–Crippen LogP) is 2.62. The minimum Gasteiger partial charge on any atom is -0.486 e. The van der Waals surface area contributed by atoms with Gasteiger partial charge in [-0.15, -0.1) is 6.58 Å². The van der Waals surface area contributed by atoms with Crippen LogP contribution in [0.4, 0.5) is 0 Å². The summed E-state index contributed by atoms with van der Waals surface area (Å²) in [7, 11) is -2.02. The van der Waals surface area contributed by atoms with E-state index in [4.69, 9.17) is 9.47 Å². The number of fused-ring (bicyclic) bond motifs is 1. The van der Waals surface area contributed by atoms with Crippen LogP contribution in [0.1, 0.15) is 16.4 Å². The van der Waals surface area contributed by atoms with Gasteiger partial charge in [0.25, 0.3) is 0 Å². The largest absolute Gasteiger partial charge is 0.486 e. The van der Waals surface area contributed by atoms with Crippen LogP contribution in [0.25, 0.3) is 0 Å². The van der Waals surface area contributed by atoms with Crippen molar-refractivity contribution in [3.05, 3.63) is 66.2 Å². The van der Waals surface area contributed by atoms with Crippen LogP contribution >= 0.6 is 0 Å². The van der Waals surface area contributed by atoms with Gasteiger partial charge in [-0.25, -0.2) is 8.42 Å². The van der Waals surface area contributed by atoms with Crippen LogP contribution in [0.3, 0.4) is 0 Å². The maximum Gasteiger partial charge on any atom is 0.190 e. The van der Waals surface area contributed by atoms with Gasteiger partial charge in [0.15, 0.2) is 21.3 Å². The zero-order valence-corrected chi connectivity index (χ0v) is 15.7. The van der Waals surface area contributed by atoms with Crippen molar-refractivity contribution < 1.29 is 17.9 Å². The van der Waals surface area contributed by atoms with E-state index in [1.165, 1.54) is 18.2 Å². The molecule has 2 unspecified atom stereocenters. The number of ether oxygens (including phenoxy) is 2. The van der Waals surface area contributed by atoms with E-state index in [0.717, 1.165) is 0 Å². The van der Waals surface area contributed by atoms with Crippen molar-refractivity contribution in [2.75, 3.05) is 20.2 Å². The summed E-state index contributed by atoms with van der Waals surface area (Å²) in [5.74, 6) is 1.07. The second kappa shape index (κ2) is 7.82. The van der Waals surface area contributed by atoms with E-state index in [-0.39, 0.29) is 16.6 Å². The molecule has 0 radical (unpaired) electrons. The maximum absolute atomic E-state index is 13.2. The lowest BCUT2D eigenvalue weighted by Crippen LogP contribution is -2.37. The van der Waals surface area contributed by atoms with Gasteiger partial charge in [0.2, 0.25) is 0 Å². The zero-order chi connectivity index (χ0) is 19.4. The Morgan fingerprint density at radius 3 is 2.81 bits per heavy atom. The molecule has 6 nitrogen and oxygen atoms in total. The molecule has 1 N–H and O–H groups in total. The van der Waals surface area contributed by atoms with Gasteiger partial charge in [-0.3, -0.25) is 0 Å². The fraction of sp³-hybridized carbons (Fsp3) is 0.250. The van der Waals surface area contributed by atoms with Crippen LogP contribution in [-0.2, 0) is 9.84 Å². The summed E-state index contributed by atoms with van der Waals surface area (Å²) in [5.41, 5.74) is 0.612. The Balaban J connectivity index is 2.00. The van der Waals surface area contributed by atoms with E-state index < -0.39 is 15.1 Å². The molecule has 1 heterocycles. The van der Waals surface area contributed by atoms with Crippen LogP contribution < -0.4 is 14.8 Å². The van der Waals surface area contributed by atoms with Crippen molar-refractivity contribution in [3.8, 4) is 17.6 Å². The summed E-state index contributed by atoms with van der Waals surface area (Å²) < 4.78 is 37.9. The molecule has 7 heteroatoms. The summed E-state index contributed by atoms with van der Waals surface area (Å²) in [4.78, 5) is -0.0136. The molecular formula is C20H20N2O4S. The first-order chi connectivity index (χ1) is 13.0. The average Bonchev–Trinajstić information content (AvgIpc) is 2.68. The normalized spacial score (nSPS) is 17.0. The second-order valence-corrected chi connectivity index (χ2v) is 8.16. The van der Waals surface area contributed by atoms with Gasteiger partial charge in [0.1, 0.15) is 24.0 Å². The van der Waals surface area contributed by atoms with Gasteiger partial charge in [-0.1, -0.05) is 24.3 Å². The zero-order valence-electron chi connectivity index (χ0n) is 14.9. The second-order valence-electron chi connectivity index (χ2n) is 6.12. The molecule has 1 aliphatic heterocycles. The van der Waals surface area contributed by atoms with E-state index >= 15 is 0 Å². The lowest BCUT2D eigenvalue weighted by molar-refractivity contribution is 0.0918. The molecule has 0 fully saturated rings. The molecule has 0 bridgehead atoms. The number of hydrogen-bond donors (Lipinski definition) is 1. The summed E-state index contributed by atoms with van der Waals surface area (Å²) in [6.45, 7) is 4.73. The molecule has 27 heavy (non-hydrogen) atoms. The topological polar surface area (TPSA) is 88.4 Å². The first-order valence-corrected chi connectivity index (χ1v) is 9.99. The van der Waals surface area contributed by atoms with Crippen molar-refractivity contribution in [1.29, 1.82) is 5.26 Å². The van der Waals surface area contributed by atoms with E-state index in [0.29, 0.717) is 30.2 Å². The van der Waals surface area contributed by atoms with Gasteiger partial charge in [-0.05, 0) is 36.9 Å². The smallest absolute Gasteiger partial charge is 0.190 e. The summed E-state index contributed by atoms with van der Waals surface area (Å²) in [6.07, 6.45) is 1.20. The quantitative estimate of drug-likeness (QED) is 0.770. The molecule has 3 rings (SSSR count). The highest BCUT2D eigenvalue weighted by Crippen LogP contribution is 2.38. The Morgan fingerprint density at radius 2 is 2.11 bits per heavy atom. The molecule has 2 aromatic carbocycles. The maximum atomic E-state index is 13.2. The highest BCUT2D eigenvalue weighted by Gasteiger charge is 2.30. The third-order valence-corrected chi connectivity index (χ3v) is 6.41. The third-order valence-electron chi connectivity index (χ3n) is 4.31. The first kappa shape index (κ1) is 19.0. The number of nitrogens with zero attached hydrogens (tertiary/aromatic N) is 1. The number of nitrogens with one attached hydrogen (secondary N) is 1. The van der Waals surface area contributed by atoms with Crippen LogP contribution in [0, 0.1) is 11.3 Å². The summed E-state index contributed by atoms with van der Waals surface area (Å²) >= 11 is 0. The lowest BCUT2D eigenvalue weighted by atomic mass is 10.1. The van der Waals surface area contributed by atoms with E-state index in [1.54, 1.807) is 30.3 Å². The standard InChI is InChI=1S/C20H20N2O4S/c1-3-19(27(23,24)20-7-5-4-6-15(20)11-21)14-8-9-17-18(10-14)26-16(12-22-2)13-25-17/h3-10,16,19,22H,1,12-13H2,2H3. The van der Waals surface area contributed by atoms with E-state index in [2.05, 4.69) is 11.9 Å². The van der Waals surface area contributed by atoms with Crippen molar-refractivity contribution in [2.24, 2.45) is 0 Å². The number of rotatable bonds is 6. The lowest BCUT2D eigenvalue weighted by Gasteiger charge is -2.27. The number of benzene rings is 2. The van der Waals surface area contributed by atoms with Crippen molar-refractivity contribution >= 4 is 9.84 Å². The first-order valence-electron chi connectivity index (χ1n) is 8.45. The van der Waals surface area contributed by atoms with Gasteiger partial charge in [0, 0.05) is 6.54 Å². The molecule has 0 aliphatic carbocycles. The minimum atomic E-state index is -3.85. The molecule has 2 aromatic rings. The van der Waals surface area contributed by atoms with Crippen LogP contribution in [-0.4, -0.2) is 34.7 Å². The molecule has 0 saturated carbocycles. The molecular weight excluding hydrogens is 364 g/mol. The number of sulfone groups is 1. The number of hydrogen-bond acceptors (Lipinski definition) is 6. The molecule has 140 valence electrons. The predicted molar refractivity (Wildman–Crippen MR) is 102 cm³/mol. The van der Waals surface area contributed by atoms with Crippen LogP contribution in [0.15, 0.2) is 60.0 Å². The van der Waals surface area contributed by atoms with E-state index in [1.807, 2.05) is 13.1 Å². The van der Waals surface area contributed by atoms with Crippen molar-refractivity contribution in [3.63, 3.8) is 0 Å². The number of nitriles is 1.